The lowest BCUT2D eigenvalue weighted by molar-refractivity contribution is -0.146. The second-order valence-electron chi connectivity index (χ2n) is 5.64. The Labute approximate surface area is 114 Å². The highest BCUT2D eigenvalue weighted by Crippen LogP contribution is 2.33. The number of hydrogen-bond acceptors (Lipinski definition) is 3. The molecule has 20 heavy (non-hydrogen) atoms. The molecule has 1 saturated carbocycles. The molecule has 2 atom stereocenters. The van der Waals surface area contributed by atoms with Gasteiger partial charge in [0.25, 0.3) is 0 Å². The first-order valence-electron chi connectivity index (χ1n) is 6.35. The van der Waals surface area contributed by atoms with Gasteiger partial charge >= 0.3 is 0 Å². The van der Waals surface area contributed by atoms with Crippen LogP contribution in [0, 0.1) is 17.5 Å². The zero-order chi connectivity index (χ0) is 15.1. The molecule has 1 aliphatic carbocycles. The summed E-state index contributed by atoms with van der Waals surface area (Å²) in [6.07, 6.45) is 0.553. The smallest absolute Gasteiger partial charge is 0.184 e. The lowest BCUT2D eigenvalue weighted by atomic mass is 9.70. The number of hydrogen-bond donors (Lipinski definition) is 2. The van der Waals surface area contributed by atoms with E-state index in [-0.39, 0.29) is 12.8 Å². The minimum absolute atomic E-state index is 0.220. The molecule has 1 aromatic rings. The van der Waals surface area contributed by atoms with E-state index in [2.05, 4.69) is 0 Å². The molecule has 3 N–H and O–H groups in total. The van der Waals surface area contributed by atoms with Crippen LogP contribution in [0.15, 0.2) is 12.1 Å². The largest absolute Gasteiger partial charge is 0.382 e. The fourth-order valence-electron chi connectivity index (χ4n) is 2.74. The Morgan fingerprint density at radius 1 is 1.25 bits per heavy atom. The molecule has 0 bridgehead atoms. The van der Waals surface area contributed by atoms with Gasteiger partial charge in [0, 0.05) is 24.1 Å². The number of aliphatic hydroxyl groups is 1. The van der Waals surface area contributed by atoms with Crippen molar-refractivity contribution in [3.63, 3.8) is 0 Å². The van der Waals surface area contributed by atoms with Crippen LogP contribution in [-0.2, 0) is 11.2 Å². The van der Waals surface area contributed by atoms with E-state index in [4.69, 9.17) is 5.73 Å². The summed E-state index contributed by atoms with van der Waals surface area (Å²) in [6, 6.07) is 1.10. The van der Waals surface area contributed by atoms with Gasteiger partial charge in [-0.3, -0.25) is 4.79 Å². The molecule has 2 unspecified atom stereocenters. The Kier molecular flexibility index (Phi) is 3.64. The van der Waals surface area contributed by atoms with Crippen molar-refractivity contribution in [2.45, 2.75) is 43.7 Å². The van der Waals surface area contributed by atoms with Crippen molar-refractivity contribution in [1.82, 2.24) is 0 Å². The topological polar surface area (TPSA) is 63.3 Å². The van der Waals surface area contributed by atoms with Gasteiger partial charge in [-0.25, -0.2) is 13.2 Å². The fourth-order valence-corrected chi connectivity index (χ4v) is 2.74. The standard InChI is InChI=1S/C14H16F3NO2/c1-13(20)3-2-4-14(18,12(13)19)7-9-10(16)5-8(15)6-11(9)17/h5-6,20H,2-4,7,18H2,1H3. The molecule has 0 spiro atoms. The molecule has 0 amide bonds. The quantitative estimate of drug-likeness (QED) is 0.872. The van der Waals surface area contributed by atoms with Gasteiger partial charge in [-0.05, 0) is 26.2 Å². The second-order valence-corrected chi connectivity index (χ2v) is 5.64. The second kappa shape index (κ2) is 4.86. The summed E-state index contributed by atoms with van der Waals surface area (Å²) in [5.41, 5.74) is 2.38. The molecule has 1 aliphatic rings. The van der Waals surface area contributed by atoms with Gasteiger partial charge in [0.05, 0.1) is 5.54 Å². The molecule has 1 fully saturated rings. The van der Waals surface area contributed by atoms with Gasteiger partial charge in [0.1, 0.15) is 23.1 Å². The highest BCUT2D eigenvalue weighted by molar-refractivity contribution is 5.96. The summed E-state index contributed by atoms with van der Waals surface area (Å²) in [5, 5.41) is 9.96. The van der Waals surface area contributed by atoms with Crippen molar-refractivity contribution in [2.75, 3.05) is 0 Å². The summed E-state index contributed by atoms with van der Waals surface area (Å²) >= 11 is 0. The SMILES string of the molecule is CC1(O)CCCC(N)(Cc2c(F)cc(F)cc2F)C1=O. The van der Waals surface area contributed by atoms with E-state index in [0.29, 0.717) is 18.6 Å². The number of halogens is 3. The first-order valence-corrected chi connectivity index (χ1v) is 6.35. The van der Waals surface area contributed by atoms with E-state index in [0.717, 1.165) is 0 Å². The monoisotopic (exact) mass is 287 g/mol. The van der Waals surface area contributed by atoms with Gasteiger partial charge < -0.3 is 10.8 Å². The molecule has 0 radical (unpaired) electrons. The van der Waals surface area contributed by atoms with Crippen molar-refractivity contribution < 1.29 is 23.1 Å². The Morgan fingerprint density at radius 2 is 1.80 bits per heavy atom. The van der Waals surface area contributed by atoms with Gasteiger partial charge in [-0.1, -0.05) is 0 Å². The lowest BCUT2D eigenvalue weighted by Crippen LogP contribution is -2.61. The first-order chi connectivity index (χ1) is 9.16. The summed E-state index contributed by atoms with van der Waals surface area (Å²) in [5.74, 6) is -3.83. The Balaban J connectivity index is 2.36. The van der Waals surface area contributed by atoms with Crippen LogP contribution in [0.4, 0.5) is 13.2 Å². The van der Waals surface area contributed by atoms with Gasteiger partial charge in [0.2, 0.25) is 0 Å². The molecule has 0 aliphatic heterocycles. The van der Waals surface area contributed by atoms with E-state index in [1.165, 1.54) is 6.92 Å². The van der Waals surface area contributed by atoms with Crippen molar-refractivity contribution in [3.8, 4) is 0 Å². The van der Waals surface area contributed by atoms with Crippen LogP contribution in [-0.4, -0.2) is 22.0 Å². The van der Waals surface area contributed by atoms with E-state index < -0.39 is 46.4 Å². The van der Waals surface area contributed by atoms with Crippen LogP contribution in [0.2, 0.25) is 0 Å². The van der Waals surface area contributed by atoms with Gasteiger partial charge in [0.15, 0.2) is 5.78 Å². The fraction of sp³-hybridized carbons (Fsp3) is 0.500. The number of nitrogens with two attached hydrogens (primary N) is 1. The summed E-state index contributed by atoms with van der Waals surface area (Å²) in [4.78, 5) is 12.2. The summed E-state index contributed by atoms with van der Waals surface area (Å²) in [6.45, 7) is 1.34. The third-order valence-corrected chi connectivity index (χ3v) is 3.83. The summed E-state index contributed by atoms with van der Waals surface area (Å²) in [7, 11) is 0. The van der Waals surface area contributed by atoms with Crippen molar-refractivity contribution >= 4 is 5.78 Å². The highest BCUT2D eigenvalue weighted by atomic mass is 19.1. The normalized spacial score (nSPS) is 30.6. The number of Topliss-reactive ketones (excluding diaryl/α,β-unsaturated/α-hetero) is 1. The third-order valence-electron chi connectivity index (χ3n) is 3.83. The highest BCUT2D eigenvalue weighted by Gasteiger charge is 2.48. The maximum Gasteiger partial charge on any atom is 0.184 e. The zero-order valence-corrected chi connectivity index (χ0v) is 11.0. The minimum atomic E-state index is -1.60. The number of carbonyl (C=O) groups is 1. The number of carbonyl (C=O) groups excluding carboxylic acids is 1. The molecule has 0 aromatic heterocycles. The number of ketones is 1. The zero-order valence-electron chi connectivity index (χ0n) is 11.0. The number of rotatable bonds is 2. The molecule has 110 valence electrons. The predicted octanol–water partition coefficient (Wildman–Crippen LogP) is 1.85. The Morgan fingerprint density at radius 3 is 2.35 bits per heavy atom. The molecular formula is C14H16F3NO2. The van der Waals surface area contributed by atoms with Crippen LogP contribution >= 0.6 is 0 Å². The van der Waals surface area contributed by atoms with Crippen LogP contribution in [0.3, 0.4) is 0 Å². The Bertz CT molecular complexity index is 536. The van der Waals surface area contributed by atoms with Crippen LogP contribution in [0.5, 0.6) is 0 Å². The maximum atomic E-state index is 13.6. The van der Waals surface area contributed by atoms with Crippen molar-refractivity contribution in [2.24, 2.45) is 5.73 Å². The van der Waals surface area contributed by atoms with E-state index in [1.54, 1.807) is 0 Å². The van der Waals surface area contributed by atoms with Crippen molar-refractivity contribution in [1.29, 1.82) is 0 Å². The first kappa shape index (κ1) is 15.0. The Hall–Kier alpha value is -1.40. The summed E-state index contributed by atoms with van der Waals surface area (Å²) < 4.78 is 40.2. The van der Waals surface area contributed by atoms with Gasteiger partial charge in [-0.2, -0.15) is 0 Å². The van der Waals surface area contributed by atoms with Crippen molar-refractivity contribution in [3.05, 3.63) is 35.1 Å². The molecule has 1 aromatic carbocycles. The third kappa shape index (κ3) is 2.58. The average Bonchev–Trinajstić information content (AvgIpc) is 2.31. The van der Waals surface area contributed by atoms with Crippen LogP contribution in [0.25, 0.3) is 0 Å². The van der Waals surface area contributed by atoms with E-state index in [1.807, 2.05) is 0 Å². The predicted molar refractivity (Wildman–Crippen MR) is 66.4 cm³/mol. The van der Waals surface area contributed by atoms with Gasteiger partial charge in [-0.15, -0.1) is 0 Å². The van der Waals surface area contributed by atoms with E-state index in [9.17, 15) is 23.1 Å². The minimum Gasteiger partial charge on any atom is -0.382 e. The van der Waals surface area contributed by atoms with Crippen LogP contribution < -0.4 is 5.73 Å². The van der Waals surface area contributed by atoms with Crippen LogP contribution in [0.1, 0.15) is 31.7 Å². The molecular weight excluding hydrogens is 271 g/mol. The maximum absolute atomic E-state index is 13.6. The lowest BCUT2D eigenvalue weighted by Gasteiger charge is -2.39. The molecule has 3 nitrogen and oxygen atoms in total. The molecule has 0 heterocycles. The van der Waals surface area contributed by atoms with E-state index >= 15 is 0 Å². The molecule has 0 saturated heterocycles. The molecule has 2 rings (SSSR count). The molecule has 6 heteroatoms. The number of benzene rings is 1. The average molecular weight is 287 g/mol.